The molecule has 0 aliphatic rings. The summed E-state index contributed by atoms with van der Waals surface area (Å²) in [5.74, 6) is 0.982. The van der Waals surface area contributed by atoms with Gasteiger partial charge in [-0.05, 0) is 49.7 Å². The minimum atomic E-state index is -0.606. The molecular formula is C21H24N4O3. The lowest BCUT2D eigenvalue weighted by atomic mass is 10.2. The summed E-state index contributed by atoms with van der Waals surface area (Å²) >= 11 is 0. The number of nitrogens with zero attached hydrogens (tertiary/aromatic N) is 4. The number of hydrogen-bond donors (Lipinski definition) is 0. The van der Waals surface area contributed by atoms with E-state index in [2.05, 4.69) is 10.1 Å². The maximum atomic E-state index is 12.1. The van der Waals surface area contributed by atoms with Crippen LogP contribution in [-0.2, 0) is 4.79 Å². The Morgan fingerprint density at radius 1 is 1.25 bits per heavy atom. The quantitative estimate of drug-likeness (QED) is 0.591. The maximum Gasteiger partial charge on any atom is 0.262 e. The fourth-order valence-electron chi connectivity index (χ4n) is 2.74. The second-order valence-corrected chi connectivity index (χ2v) is 6.45. The van der Waals surface area contributed by atoms with Gasteiger partial charge in [0.2, 0.25) is 0 Å². The van der Waals surface area contributed by atoms with Gasteiger partial charge in [0.1, 0.15) is 6.33 Å². The topological polar surface area (TPSA) is 69.0 Å². The molecule has 0 saturated carbocycles. The summed E-state index contributed by atoms with van der Waals surface area (Å²) in [6, 6.07) is 13.3. The molecule has 0 spiro atoms. The van der Waals surface area contributed by atoms with Crippen molar-refractivity contribution in [1.29, 1.82) is 0 Å². The van der Waals surface area contributed by atoms with Crippen molar-refractivity contribution in [1.82, 2.24) is 14.6 Å². The summed E-state index contributed by atoms with van der Waals surface area (Å²) in [6.45, 7) is 4.10. The van der Waals surface area contributed by atoms with Crippen molar-refractivity contribution in [3.8, 4) is 11.5 Å². The number of rotatable bonds is 7. The molecule has 28 heavy (non-hydrogen) atoms. The number of benzene rings is 2. The predicted octanol–water partition coefficient (Wildman–Crippen LogP) is 3.17. The summed E-state index contributed by atoms with van der Waals surface area (Å²) in [4.78, 5) is 17.9. The summed E-state index contributed by atoms with van der Waals surface area (Å²) in [5, 5.41) is 4.48. The molecule has 1 aromatic heterocycles. The van der Waals surface area contributed by atoms with Gasteiger partial charge in [0.15, 0.2) is 17.6 Å². The number of fused-ring (bicyclic) bond motifs is 1. The number of aromatic nitrogens is 2. The molecule has 3 aromatic rings. The van der Waals surface area contributed by atoms with Crippen LogP contribution in [0.4, 0.5) is 0 Å². The lowest BCUT2D eigenvalue weighted by Gasteiger charge is -2.20. The average Bonchev–Trinajstić information content (AvgIpc) is 3.10. The molecule has 1 heterocycles. The molecule has 0 saturated heterocycles. The van der Waals surface area contributed by atoms with E-state index in [0.29, 0.717) is 18.1 Å². The minimum Gasteiger partial charge on any atom is -0.490 e. The van der Waals surface area contributed by atoms with E-state index in [9.17, 15) is 4.79 Å². The maximum absolute atomic E-state index is 12.1. The van der Waals surface area contributed by atoms with Crippen LogP contribution in [-0.4, -0.2) is 53.5 Å². The third-order valence-corrected chi connectivity index (χ3v) is 4.13. The highest BCUT2D eigenvalue weighted by molar-refractivity contribution is 5.83. The van der Waals surface area contributed by atoms with Crippen LogP contribution in [0.5, 0.6) is 11.5 Å². The monoisotopic (exact) mass is 380 g/mol. The standard InChI is InChI=1S/C21H24N4O3/c1-5-27-20-12-16(10-11-19(20)28-15(2)21(26)24(3)4)13-23-25-14-22-17-8-6-7-9-18(17)25/h6-15H,5H2,1-4H3/b23-13-/t15-/m0/s1. The van der Waals surface area contributed by atoms with Crippen LogP contribution < -0.4 is 9.47 Å². The number of hydrogen-bond acceptors (Lipinski definition) is 5. The first kappa shape index (κ1) is 19.4. The molecule has 0 bridgehead atoms. The minimum absolute atomic E-state index is 0.111. The highest BCUT2D eigenvalue weighted by Gasteiger charge is 2.18. The molecule has 0 N–H and O–H groups in total. The van der Waals surface area contributed by atoms with Crippen molar-refractivity contribution in [2.45, 2.75) is 20.0 Å². The van der Waals surface area contributed by atoms with E-state index >= 15 is 0 Å². The Morgan fingerprint density at radius 3 is 2.79 bits per heavy atom. The van der Waals surface area contributed by atoms with Gasteiger partial charge >= 0.3 is 0 Å². The number of imidazole rings is 1. The summed E-state index contributed by atoms with van der Waals surface area (Å²) in [7, 11) is 3.40. The molecule has 7 nitrogen and oxygen atoms in total. The summed E-state index contributed by atoms with van der Waals surface area (Å²) in [6.07, 6.45) is 2.80. The molecule has 1 atom stereocenters. The summed E-state index contributed by atoms with van der Waals surface area (Å²) in [5.41, 5.74) is 2.66. The smallest absolute Gasteiger partial charge is 0.262 e. The molecule has 146 valence electrons. The normalized spacial score (nSPS) is 12.3. The largest absolute Gasteiger partial charge is 0.490 e. The van der Waals surface area contributed by atoms with Crippen molar-refractivity contribution >= 4 is 23.2 Å². The SMILES string of the molecule is CCOc1cc(/C=N\n2cnc3ccccc32)ccc1O[C@@H](C)C(=O)N(C)C. The number of likely N-dealkylation sites (N-methyl/N-ethyl adjacent to an activating group) is 1. The Hall–Kier alpha value is -3.35. The Kier molecular flexibility index (Phi) is 5.93. The van der Waals surface area contributed by atoms with Crippen molar-refractivity contribution in [3.05, 3.63) is 54.4 Å². The van der Waals surface area contributed by atoms with Crippen molar-refractivity contribution < 1.29 is 14.3 Å². The molecule has 2 aromatic carbocycles. The van der Waals surface area contributed by atoms with E-state index in [-0.39, 0.29) is 5.91 Å². The van der Waals surface area contributed by atoms with Crippen LogP contribution in [0.2, 0.25) is 0 Å². The van der Waals surface area contributed by atoms with Crippen molar-refractivity contribution in [2.75, 3.05) is 20.7 Å². The van der Waals surface area contributed by atoms with Gasteiger partial charge in [-0.3, -0.25) is 4.79 Å². The zero-order valence-corrected chi connectivity index (χ0v) is 16.5. The molecule has 0 fully saturated rings. The van der Waals surface area contributed by atoms with Crippen LogP contribution in [0, 0.1) is 0 Å². The molecule has 0 aliphatic carbocycles. The molecule has 1 amide bonds. The first-order valence-electron chi connectivity index (χ1n) is 9.10. The van der Waals surface area contributed by atoms with E-state index in [1.54, 1.807) is 44.3 Å². The highest BCUT2D eigenvalue weighted by atomic mass is 16.5. The third-order valence-electron chi connectivity index (χ3n) is 4.13. The highest BCUT2D eigenvalue weighted by Crippen LogP contribution is 2.29. The zero-order valence-electron chi connectivity index (χ0n) is 16.5. The lowest BCUT2D eigenvalue weighted by Crippen LogP contribution is -2.35. The van der Waals surface area contributed by atoms with E-state index in [0.717, 1.165) is 16.6 Å². The first-order chi connectivity index (χ1) is 13.5. The Morgan fingerprint density at radius 2 is 2.04 bits per heavy atom. The molecule has 3 rings (SSSR count). The molecule has 0 radical (unpaired) electrons. The number of amides is 1. The van der Waals surface area contributed by atoms with Crippen LogP contribution in [0.3, 0.4) is 0 Å². The molecular weight excluding hydrogens is 356 g/mol. The fraction of sp³-hybridized carbons (Fsp3) is 0.286. The van der Waals surface area contributed by atoms with E-state index in [4.69, 9.17) is 9.47 Å². The van der Waals surface area contributed by atoms with Crippen LogP contribution in [0.25, 0.3) is 11.0 Å². The molecule has 0 aliphatic heterocycles. The summed E-state index contributed by atoms with van der Waals surface area (Å²) < 4.78 is 13.2. The third kappa shape index (κ3) is 4.31. The van der Waals surface area contributed by atoms with Gasteiger partial charge in [-0.2, -0.15) is 5.10 Å². The van der Waals surface area contributed by atoms with Gasteiger partial charge < -0.3 is 14.4 Å². The number of carbonyl (C=O) groups excluding carboxylic acids is 1. The Balaban J connectivity index is 1.83. The van der Waals surface area contributed by atoms with Gasteiger partial charge in [0.25, 0.3) is 5.91 Å². The van der Waals surface area contributed by atoms with E-state index < -0.39 is 6.10 Å². The molecule has 7 heteroatoms. The number of carbonyl (C=O) groups is 1. The van der Waals surface area contributed by atoms with Gasteiger partial charge in [-0.15, -0.1) is 0 Å². The van der Waals surface area contributed by atoms with Crippen LogP contribution >= 0.6 is 0 Å². The molecule has 0 unspecified atom stereocenters. The zero-order chi connectivity index (χ0) is 20.1. The number of ether oxygens (including phenoxy) is 2. The van der Waals surface area contributed by atoms with Gasteiger partial charge in [0, 0.05) is 14.1 Å². The van der Waals surface area contributed by atoms with Crippen LogP contribution in [0.15, 0.2) is 53.9 Å². The number of para-hydroxylation sites is 2. The lowest BCUT2D eigenvalue weighted by molar-refractivity contribution is -0.135. The Bertz CT molecular complexity index is 994. The first-order valence-corrected chi connectivity index (χ1v) is 9.10. The van der Waals surface area contributed by atoms with Gasteiger partial charge in [-0.25, -0.2) is 9.66 Å². The van der Waals surface area contributed by atoms with Gasteiger partial charge in [-0.1, -0.05) is 12.1 Å². The fourth-order valence-corrected chi connectivity index (χ4v) is 2.74. The Labute approximate surface area is 164 Å². The second-order valence-electron chi connectivity index (χ2n) is 6.45. The predicted molar refractivity (Wildman–Crippen MR) is 109 cm³/mol. The van der Waals surface area contributed by atoms with E-state index in [1.165, 1.54) is 4.90 Å². The second kappa shape index (κ2) is 8.56. The van der Waals surface area contributed by atoms with Crippen molar-refractivity contribution in [2.24, 2.45) is 5.10 Å². The van der Waals surface area contributed by atoms with Gasteiger partial charge in [0.05, 0.1) is 23.9 Å². The average molecular weight is 380 g/mol. The van der Waals surface area contributed by atoms with Crippen LogP contribution in [0.1, 0.15) is 19.4 Å². The van der Waals surface area contributed by atoms with Crippen molar-refractivity contribution in [3.63, 3.8) is 0 Å². The van der Waals surface area contributed by atoms with E-state index in [1.807, 2.05) is 43.3 Å².